The number of fused-ring (bicyclic) bond motifs is 1. The Morgan fingerprint density at radius 3 is 2.33 bits per heavy atom. The predicted octanol–water partition coefficient (Wildman–Crippen LogP) is 5.60. The summed E-state index contributed by atoms with van der Waals surface area (Å²) in [5.41, 5.74) is 4.70. The molecule has 1 saturated heterocycles. The number of anilines is 2. The Kier molecular flexibility index (Phi) is 8.75. The van der Waals surface area contributed by atoms with E-state index in [2.05, 4.69) is 20.9 Å². The second kappa shape index (κ2) is 12.8. The number of ether oxygens (including phenoxy) is 1. The minimum absolute atomic E-state index is 0.128. The third-order valence-electron chi connectivity index (χ3n) is 7.23. The second-order valence-electron chi connectivity index (χ2n) is 10.9. The smallest absolute Gasteiger partial charge is 0.408 e. The van der Waals surface area contributed by atoms with Crippen LogP contribution in [0.4, 0.5) is 16.2 Å². The highest BCUT2D eigenvalue weighted by atomic mass is 16.6. The first-order valence-electron chi connectivity index (χ1n) is 14.3. The minimum atomic E-state index is -0.984. The zero-order valence-electron chi connectivity index (χ0n) is 24.3. The van der Waals surface area contributed by atoms with Crippen LogP contribution in [0.15, 0.2) is 78.9 Å². The first kappa shape index (κ1) is 29.4. The molecule has 4 N–H and O–H groups in total. The van der Waals surface area contributed by atoms with Crippen LogP contribution in [0.3, 0.4) is 0 Å². The molecule has 10 heteroatoms. The van der Waals surface area contributed by atoms with Crippen molar-refractivity contribution < 1.29 is 23.9 Å². The molecule has 1 aromatic heterocycles. The fourth-order valence-corrected chi connectivity index (χ4v) is 5.30. The molecule has 1 fully saturated rings. The Labute approximate surface area is 249 Å². The maximum atomic E-state index is 13.8. The Hall–Kier alpha value is -5.12. The molecule has 0 unspecified atom stereocenters. The molecule has 0 aliphatic carbocycles. The molecule has 10 nitrogen and oxygen atoms in total. The van der Waals surface area contributed by atoms with E-state index in [1.807, 2.05) is 54.6 Å². The van der Waals surface area contributed by atoms with Crippen LogP contribution in [0, 0.1) is 0 Å². The van der Waals surface area contributed by atoms with Gasteiger partial charge in [-0.15, -0.1) is 0 Å². The number of likely N-dealkylation sites (tertiary alicyclic amines) is 1. The van der Waals surface area contributed by atoms with Crippen LogP contribution in [0.1, 0.15) is 45.2 Å². The number of aromatic nitrogens is 1. The number of carbonyl (C=O) groups is 4. The first-order valence-corrected chi connectivity index (χ1v) is 14.3. The molecule has 5 rings (SSSR count). The molecular weight excluding hydrogens is 546 g/mol. The van der Waals surface area contributed by atoms with Gasteiger partial charge in [-0.2, -0.15) is 0 Å². The summed E-state index contributed by atoms with van der Waals surface area (Å²) in [6, 6.07) is 22.4. The van der Waals surface area contributed by atoms with Gasteiger partial charge >= 0.3 is 6.09 Å². The van der Waals surface area contributed by atoms with E-state index in [1.165, 1.54) is 6.92 Å². The van der Waals surface area contributed by atoms with Gasteiger partial charge in [-0.3, -0.25) is 14.4 Å². The Bertz CT molecular complexity index is 1630. The van der Waals surface area contributed by atoms with Crippen molar-refractivity contribution in [1.29, 1.82) is 0 Å². The number of hydrogen-bond acceptors (Lipinski definition) is 5. The van der Waals surface area contributed by atoms with Crippen LogP contribution in [-0.2, 0) is 19.1 Å². The monoisotopic (exact) mass is 581 g/mol. The standard InChI is InChI=1S/C33H35N5O5/c1-20(2)43-33(42)37-30(23-8-5-4-6-9-23)32(41)38-17-7-10-29(38)31(40)35-26-15-16-27-24(18-26)19-28(36-27)22-11-13-25(14-12-22)34-21(3)39/h4-6,8-9,11-16,18-20,29-30,36H,7,10,17H2,1-3H3,(H,34,39)(H,35,40)(H,37,42)/t29-,30+/m0/s1. The summed E-state index contributed by atoms with van der Waals surface area (Å²) in [4.78, 5) is 55.9. The summed E-state index contributed by atoms with van der Waals surface area (Å²) < 4.78 is 5.23. The molecule has 0 saturated carbocycles. The van der Waals surface area contributed by atoms with Crippen molar-refractivity contribution in [3.63, 3.8) is 0 Å². The molecule has 2 atom stereocenters. The number of H-pyrrole nitrogens is 1. The maximum absolute atomic E-state index is 13.8. The van der Waals surface area contributed by atoms with Gasteiger partial charge in [0.15, 0.2) is 0 Å². The van der Waals surface area contributed by atoms with E-state index in [1.54, 1.807) is 43.0 Å². The largest absolute Gasteiger partial charge is 0.447 e. The summed E-state index contributed by atoms with van der Waals surface area (Å²) in [6.45, 7) is 5.34. The van der Waals surface area contributed by atoms with Gasteiger partial charge in [0.05, 0.1) is 6.10 Å². The molecule has 0 bridgehead atoms. The lowest BCUT2D eigenvalue weighted by Crippen LogP contribution is -2.48. The summed E-state index contributed by atoms with van der Waals surface area (Å²) >= 11 is 0. The van der Waals surface area contributed by atoms with Gasteiger partial charge < -0.3 is 30.6 Å². The topological polar surface area (TPSA) is 133 Å². The molecule has 1 aliphatic rings. The van der Waals surface area contributed by atoms with Crippen LogP contribution < -0.4 is 16.0 Å². The van der Waals surface area contributed by atoms with Crippen LogP contribution in [-0.4, -0.2) is 52.4 Å². The van der Waals surface area contributed by atoms with Crippen molar-refractivity contribution in [1.82, 2.24) is 15.2 Å². The predicted molar refractivity (Wildman–Crippen MR) is 165 cm³/mol. The number of rotatable bonds is 8. The number of carbonyl (C=O) groups excluding carboxylic acids is 4. The molecule has 2 heterocycles. The van der Waals surface area contributed by atoms with E-state index in [4.69, 9.17) is 4.74 Å². The number of nitrogens with zero attached hydrogens (tertiary/aromatic N) is 1. The minimum Gasteiger partial charge on any atom is -0.447 e. The van der Waals surface area contributed by atoms with E-state index < -0.39 is 18.2 Å². The molecule has 4 amide bonds. The van der Waals surface area contributed by atoms with Gasteiger partial charge in [0, 0.05) is 41.4 Å². The van der Waals surface area contributed by atoms with E-state index in [-0.39, 0.29) is 23.8 Å². The van der Waals surface area contributed by atoms with E-state index >= 15 is 0 Å². The number of aromatic amines is 1. The van der Waals surface area contributed by atoms with E-state index in [0.29, 0.717) is 30.6 Å². The van der Waals surface area contributed by atoms with Crippen LogP contribution >= 0.6 is 0 Å². The molecule has 3 aromatic carbocycles. The zero-order valence-corrected chi connectivity index (χ0v) is 24.3. The third-order valence-corrected chi connectivity index (χ3v) is 7.23. The van der Waals surface area contributed by atoms with E-state index in [9.17, 15) is 19.2 Å². The lowest BCUT2D eigenvalue weighted by atomic mass is 10.0. The van der Waals surface area contributed by atoms with Crippen molar-refractivity contribution in [2.24, 2.45) is 0 Å². The van der Waals surface area contributed by atoms with Gasteiger partial charge in [-0.25, -0.2) is 4.79 Å². The van der Waals surface area contributed by atoms with E-state index in [0.717, 1.165) is 27.8 Å². The Balaban J connectivity index is 1.30. The number of hydrogen-bond donors (Lipinski definition) is 4. The fourth-order valence-electron chi connectivity index (χ4n) is 5.30. The zero-order chi connectivity index (χ0) is 30.5. The second-order valence-corrected chi connectivity index (χ2v) is 10.9. The molecule has 222 valence electrons. The Morgan fingerprint density at radius 2 is 1.63 bits per heavy atom. The molecule has 0 radical (unpaired) electrons. The normalized spacial score (nSPS) is 15.3. The molecule has 1 aliphatic heterocycles. The number of nitrogens with one attached hydrogen (secondary N) is 4. The fraction of sp³-hybridized carbons (Fsp3) is 0.273. The molecule has 0 spiro atoms. The molecular formula is C33H35N5O5. The molecule has 4 aromatic rings. The van der Waals surface area contributed by atoms with Crippen LogP contribution in [0.5, 0.6) is 0 Å². The highest BCUT2D eigenvalue weighted by Crippen LogP contribution is 2.29. The lowest BCUT2D eigenvalue weighted by molar-refractivity contribution is -0.138. The van der Waals surface area contributed by atoms with Gasteiger partial charge in [0.1, 0.15) is 12.1 Å². The quantitative estimate of drug-likeness (QED) is 0.215. The highest BCUT2D eigenvalue weighted by molar-refractivity contribution is 6.00. The van der Waals surface area contributed by atoms with Crippen molar-refractivity contribution in [2.45, 2.75) is 51.8 Å². The van der Waals surface area contributed by atoms with Crippen LogP contribution in [0.2, 0.25) is 0 Å². The van der Waals surface area contributed by atoms with Gasteiger partial charge in [-0.05, 0) is 74.2 Å². The van der Waals surface area contributed by atoms with Crippen molar-refractivity contribution in [3.05, 3.63) is 84.4 Å². The summed E-state index contributed by atoms with van der Waals surface area (Å²) in [6.07, 6.45) is 0.143. The molecule has 43 heavy (non-hydrogen) atoms. The third kappa shape index (κ3) is 7.03. The average molecular weight is 582 g/mol. The van der Waals surface area contributed by atoms with Crippen molar-refractivity contribution >= 4 is 46.1 Å². The average Bonchev–Trinajstić information content (AvgIpc) is 3.63. The SMILES string of the molecule is CC(=O)Nc1ccc(-c2cc3cc(NC(=O)[C@@H]4CCCN4C(=O)[C@H](NC(=O)OC(C)C)c4ccccc4)ccc3[nH]2)cc1. The van der Waals surface area contributed by atoms with Crippen molar-refractivity contribution in [2.75, 3.05) is 17.2 Å². The summed E-state index contributed by atoms with van der Waals surface area (Å²) in [5, 5.41) is 9.35. The van der Waals surface area contributed by atoms with Crippen LogP contribution in [0.25, 0.3) is 22.2 Å². The summed E-state index contributed by atoms with van der Waals surface area (Å²) in [7, 11) is 0. The maximum Gasteiger partial charge on any atom is 0.408 e. The number of benzene rings is 3. The number of amides is 4. The Morgan fingerprint density at radius 1 is 0.907 bits per heavy atom. The van der Waals surface area contributed by atoms with Gasteiger partial charge in [-0.1, -0.05) is 42.5 Å². The first-order chi connectivity index (χ1) is 20.7. The summed E-state index contributed by atoms with van der Waals surface area (Å²) in [5.74, 6) is -0.775. The number of alkyl carbamates (subject to hydrolysis) is 1. The van der Waals surface area contributed by atoms with Gasteiger partial charge in [0.2, 0.25) is 11.8 Å². The van der Waals surface area contributed by atoms with Crippen molar-refractivity contribution in [3.8, 4) is 11.3 Å². The van der Waals surface area contributed by atoms with Gasteiger partial charge in [0.25, 0.3) is 5.91 Å². The highest BCUT2D eigenvalue weighted by Gasteiger charge is 2.38. The lowest BCUT2D eigenvalue weighted by Gasteiger charge is -2.29.